The van der Waals surface area contributed by atoms with Crippen LogP contribution in [0.3, 0.4) is 0 Å². The lowest BCUT2D eigenvalue weighted by atomic mass is 10.1. The first-order valence-electron chi connectivity index (χ1n) is 4.99. The molecule has 1 saturated heterocycles. The number of ether oxygens (including phenoxy) is 1. The van der Waals surface area contributed by atoms with Crippen molar-refractivity contribution in [1.82, 2.24) is 0 Å². The molecule has 1 aromatic rings. The predicted molar refractivity (Wildman–Crippen MR) is 64.0 cm³/mol. The summed E-state index contributed by atoms with van der Waals surface area (Å²) in [5.41, 5.74) is 2.16. The number of alkyl halides is 1. The number of halogens is 2. The summed E-state index contributed by atoms with van der Waals surface area (Å²) in [6.45, 7) is 3.28. The van der Waals surface area contributed by atoms with Gasteiger partial charge in [0.15, 0.2) is 0 Å². The molecule has 0 bridgehead atoms. The molecule has 0 amide bonds. The Hall–Kier alpha value is -0.440. The Labute approximate surface area is 99.7 Å². The van der Waals surface area contributed by atoms with E-state index >= 15 is 0 Å². The summed E-state index contributed by atoms with van der Waals surface area (Å²) < 4.78 is 5.32. The highest BCUT2D eigenvalue weighted by molar-refractivity contribution is 6.33. The summed E-state index contributed by atoms with van der Waals surface area (Å²) in [7, 11) is 0. The Balaban J connectivity index is 2.31. The van der Waals surface area contributed by atoms with E-state index in [1.165, 1.54) is 0 Å². The first kappa shape index (κ1) is 11.1. The average molecular weight is 246 g/mol. The standard InChI is InChI=1S/C11H13Cl2NO/c12-8-9-2-1-3-10(13)11(9)14-4-6-15-7-5-14/h1-3H,4-8H2. The van der Waals surface area contributed by atoms with Gasteiger partial charge in [-0.25, -0.2) is 0 Å². The van der Waals surface area contributed by atoms with Crippen LogP contribution in [-0.4, -0.2) is 26.3 Å². The third-order valence-electron chi connectivity index (χ3n) is 2.54. The van der Waals surface area contributed by atoms with Crippen molar-refractivity contribution >= 4 is 28.9 Å². The SMILES string of the molecule is ClCc1cccc(Cl)c1N1CCOCC1. The van der Waals surface area contributed by atoms with E-state index in [1.807, 2.05) is 18.2 Å². The lowest BCUT2D eigenvalue weighted by Gasteiger charge is -2.31. The molecule has 0 N–H and O–H groups in total. The summed E-state index contributed by atoms with van der Waals surface area (Å²) in [4.78, 5) is 2.24. The van der Waals surface area contributed by atoms with Crippen LogP contribution in [0, 0.1) is 0 Å². The van der Waals surface area contributed by atoms with Crippen LogP contribution in [0.15, 0.2) is 18.2 Å². The van der Waals surface area contributed by atoms with Crippen molar-refractivity contribution in [2.75, 3.05) is 31.2 Å². The van der Waals surface area contributed by atoms with Gasteiger partial charge in [0.1, 0.15) is 0 Å². The molecule has 1 aliphatic heterocycles. The minimum Gasteiger partial charge on any atom is -0.378 e. The molecule has 4 heteroatoms. The number of benzene rings is 1. The summed E-state index contributed by atoms with van der Waals surface area (Å²) in [6, 6.07) is 5.86. The maximum atomic E-state index is 6.20. The Kier molecular flexibility index (Phi) is 3.73. The Morgan fingerprint density at radius 2 is 2.00 bits per heavy atom. The predicted octanol–water partition coefficient (Wildman–Crippen LogP) is 2.92. The van der Waals surface area contributed by atoms with Crippen LogP contribution >= 0.6 is 23.2 Å². The summed E-state index contributed by atoms with van der Waals surface area (Å²) in [6.07, 6.45) is 0. The third kappa shape index (κ3) is 2.39. The highest BCUT2D eigenvalue weighted by Crippen LogP contribution is 2.31. The van der Waals surface area contributed by atoms with Gasteiger partial charge in [0.2, 0.25) is 0 Å². The fourth-order valence-electron chi connectivity index (χ4n) is 1.81. The van der Waals surface area contributed by atoms with Crippen molar-refractivity contribution in [3.05, 3.63) is 28.8 Å². The molecule has 1 heterocycles. The molecule has 1 aromatic carbocycles. The molecule has 15 heavy (non-hydrogen) atoms. The zero-order valence-electron chi connectivity index (χ0n) is 8.38. The molecular formula is C11H13Cl2NO. The molecular weight excluding hydrogens is 233 g/mol. The highest BCUT2D eigenvalue weighted by atomic mass is 35.5. The topological polar surface area (TPSA) is 12.5 Å². The van der Waals surface area contributed by atoms with Crippen molar-refractivity contribution in [2.45, 2.75) is 5.88 Å². The van der Waals surface area contributed by atoms with Gasteiger partial charge in [0.05, 0.1) is 23.9 Å². The van der Waals surface area contributed by atoms with Crippen LogP contribution < -0.4 is 4.90 Å². The summed E-state index contributed by atoms with van der Waals surface area (Å²) in [5.74, 6) is 0.493. The number of rotatable bonds is 2. The smallest absolute Gasteiger partial charge is 0.0642 e. The largest absolute Gasteiger partial charge is 0.378 e. The number of hydrogen-bond donors (Lipinski definition) is 0. The minimum atomic E-state index is 0.493. The second-order valence-corrected chi connectivity index (χ2v) is 4.16. The quantitative estimate of drug-likeness (QED) is 0.744. The normalized spacial score (nSPS) is 16.8. The van der Waals surface area contributed by atoms with E-state index in [9.17, 15) is 0 Å². The van der Waals surface area contributed by atoms with Gasteiger partial charge < -0.3 is 9.64 Å². The Morgan fingerprint density at radius 3 is 2.67 bits per heavy atom. The van der Waals surface area contributed by atoms with Crippen molar-refractivity contribution < 1.29 is 4.74 Å². The van der Waals surface area contributed by atoms with Gasteiger partial charge in [-0.3, -0.25) is 0 Å². The molecule has 2 rings (SSSR count). The maximum absolute atomic E-state index is 6.20. The highest BCUT2D eigenvalue weighted by Gasteiger charge is 2.16. The fraction of sp³-hybridized carbons (Fsp3) is 0.455. The summed E-state index contributed by atoms with van der Waals surface area (Å²) in [5, 5.41) is 0.773. The van der Waals surface area contributed by atoms with Crippen LogP contribution in [0.1, 0.15) is 5.56 Å². The van der Waals surface area contributed by atoms with Crippen LogP contribution in [-0.2, 0) is 10.6 Å². The number of anilines is 1. The van der Waals surface area contributed by atoms with E-state index in [0.717, 1.165) is 42.6 Å². The van der Waals surface area contributed by atoms with E-state index in [2.05, 4.69) is 4.90 Å². The van der Waals surface area contributed by atoms with Gasteiger partial charge in [-0.1, -0.05) is 23.7 Å². The molecule has 0 atom stereocenters. The molecule has 0 unspecified atom stereocenters. The molecule has 0 spiro atoms. The molecule has 0 radical (unpaired) electrons. The van der Waals surface area contributed by atoms with E-state index in [1.54, 1.807) is 0 Å². The zero-order valence-corrected chi connectivity index (χ0v) is 9.89. The third-order valence-corrected chi connectivity index (χ3v) is 3.13. The molecule has 1 aliphatic rings. The molecule has 0 aliphatic carbocycles. The van der Waals surface area contributed by atoms with Crippen molar-refractivity contribution in [1.29, 1.82) is 0 Å². The lowest BCUT2D eigenvalue weighted by molar-refractivity contribution is 0.122. The second kappa shape index (κ2) is 5.06. The first-order valence-corrected chi connectivity index (χ1v) is 5.90. The molecule has 0 aromatic heterocycles. The molecule has 0 saturated carbocycles. The van der Waals surface area contributed by atoms with E-state index < -0.39 is 0 Å². The monoisotopic (exact) mass is 245 g/mol. The minimum absolute atomic E-state index is 0.493. The van der Waals surface area contributed by atoms with E-state index in [0.29, 0.717) is 5.88 Å². The lowest BCUT2D eigenvalue weighted by Crippen LogP contribution is -2.36. The van der Waals surface area contributed by atoms with E-state index in [-0.39, 0.29) is 0 Å². The van der Waals surface area contributed by atoms with Crippen LogP contribution in [0.2, 0.25) is 5.02 Å². The fourth-order valence-corrected chi connectivity index (χ4v) is 2.34. The number of para-hydroxylation sites is 1. The van der Waals surface area contributed by atoms with Crippen LogP contribution in [0.5, 0.6) is 0 Å². The zero-order chi connectivity index (χ0) is 10.7. The van der Waals surface area contributed by atoms with Gasteiger partial charge >= 0.3 is 0 Å². The number of nitrogens with zero attached hydrogens (tertiary/aromatic N) is 1. The van der Waals surface area contributed by atoms with E-state index in [4.69, 9.17) is 27.9 Å². The van der Waals surface area contributed by atoms with Crippen LogP contribution in [0.4, 0.5) is 5.69 Å². The van der Waals surface area contributed by atoms with Gasteiger partial charge in [0.25, 0.3) is 0 Å². The Morgan fingerprint density at radius 1 is 1.27 bits per heavy atom. The van der Waals surface area contributed by atoms with Gasteiger partial charge in [0, 0.05) is 19.0 Å². The number of hydrogen-bond acceptors (Lipinski definition) is 2. The van der Waals surface area contributed by atoms with Crippen LogP contribution in [0.25, 0.3) is 0 Å². The molecule has 1 fully saturated rings. The molecule has 82 valence electrons. The number of morpholine rings is 1. The summed E-state index contributed by atoms with van der Waals surface area (Å²) >= 11 is 12.1. The van der Waals surface area contributed by atoms with Gasteiger partial charge in [-0.15, -0.1) is 11.6 Å². The van der Waals surface area contributed by atoms with Crippen molar-refractivity contribution in [3.63, 3.8) is 0 Å². The van der Waals surface area contributed by atoms with Crippen molar-refractivity contribution in [2.24, 2.45) is 0 Å². The Bertz CT molecular complexity index is 337. The van der Waals surface area contributed by atoms with Crippen molar-refractivity contribution in [3.8, 4) is 0 Å². The second-order valence-electron chi connectivity index (χ2n) is 3.48. The van der Waals surface area contributed by atoms with Gasteiger partial charge in [-0.2, -0.15) is 0 Å². The molecule has 2 nitrogen and oxygen atoms in total. The first-order chi connectivity index (χ1) is 7.33. The maximum Gasteiger partial charge on any atom is 0.0642 e. The average Bonchev–Trinajstić information content (AvgIpc) is 2.29. The van der Waals surface area contributed by atoms with Gasteiger partial charge in [-0.05, 0) is 11.6 Å².